The smallest absolute Gasteiger partial charge is 0.309 e. The maximum Gasteiger partial charge on any atom is 0.309 e. The monoisotopic (exact) mass is 1030 g/mol. The number of rotatable bonds is 20. The van der Waals surface area contributed by atoms with E-state index in [0.29, 0.717) is 4.31 Å². The van der Waals surface area contributed by atoms with E-state index >= 15 is 0 Å². The normalized spacial score (nSPS) is 15.5. The Morgan fingerprint density at radius 2 is 1.12 bits per heavy atom. The van der Waals surface area contributed by atoms with Gasteiger partial charge in [-0.05, 0) is 72.5 Å². The number of anilines is 2. The molecule has 0 aromatic heterocycles. The third-order valence-corrected chi connectivity index (χ3v) is 14.5. The maximum absolute atomic E-state index is 13.1. The highest BCUT2D eigenvalue weighted by atomic mass is 32.2. The first-order valence-electron chi connectivity index (χ1n) is 17.9. The van der Waals surface area contributed by atoms with E-state index < -0.39 is 122 Å². The van der Waals surface area contributed by atoms with Crippen LogP contribution in [0.2, 0.25) is 0 Å². The van der Waals surface area contributed by atoms with Crippen LogP contribution in [0.3, 0.4) is 0 Å². The average molecular weight is 1030 g/mol. The minimum atomic E-state index is -4.33. The first-order valence-corrected chi connectivity index (χ1v) is 23.8. The number of nitrogens with two attached hydrogens (primary N) is 2. The molecule has 0 radical (unpaired) electrons. The zero-order valence-corrected chi connectivity index (χ0v) is 37.4. The SMILES string of the molecule is Cc1cc2c(cc1S(N)(=O)=O)S(=O)(=O)N(COC(=O)CC(CO[N+](=O)[O-])O[N+](=O)[O-])CN2.Cc1cc2c(cc1S(N)(=O)=O)S(=O)(=O)N(COc1cc(CO[N+](=O)[O-])cc(CO[N+](=O)[O-])c1)CN2. The number of carbonyl (C=O) groups is 1. The summed E-state index contributed by atoms with van der Waals surface area (Å²) in [6, 6.07) is 8.45. The first-order chi connectivity index (χ1) is 31.0. The number of hydrogen-bond acceptors (Lipinski definition) is 25. The Balaban J connectivity index is 0.000000294. The number of hydrogen-bond donors (Lipinski definition) is 4. The van der Waals surface area contributed by atoms with Gasteiger partial charge in [0.05, 0.1) is 40.9 Å². The summed E-state index contributed by atoms with van der Waals surface area (Å²) < 4.78 is 111. The van der Waals surface area contributed by atoms with Crippen molar-refractivity contribution in [1.82, 2.24) is 8.61 Å². The van der Waals surface area contributed by atoms with E-state index in [2.05, 4.69) is 30.0 Å². The molecule has 2 aliphatic rings. The molecular weight excluding hydrogens is 997 g/mol. The lowest BCUT2D eigenvalue weighted by Gasteiger charge is -2.29. The number of fused-ring (bicyclic) bond motifs is 2. The van der Waals surface area contributed by atoms with Gasteiger partial charge in [0.2, 0.25) is 40.1 Å². The summed E-state index contributed by atoms with van der Waals surface area (Å²) in [7, 11) is -16.9. The van der Waals surface area contributed by atoms with Crippen LogP contribution in [0.25, 0.3) is 0 Å². The molecule has 1 atom stereocenters. The van der Waals surface area contributed by atoms with Crippen LogP contribution in [0.15, 0.2) is 62.0 Å². The van der Waals surface area contributed by atoms with Gasteiger partial charge in [0, 0.05) is 0 Å². The number of sulfonamides is 4. The molecule has 0 aliphatic carbocycles. The van der Waals surface area contributed by atoms with Gasteiger partial charge in [0.15, 0.2) is 13.5 Å². The quantitative estimate of drug-likeness (QED) is 0.0609. The molecule has 0 bridgehead atoms. The van der Waals surface area contributed by atoms with Crippen molar-refractivity contribution in [2.45, 2.75) is 59.2 Å². The molecule has 37 heteroatoms. The van der Waals surface area contributed by atoms with Crippen LogP contribution in [0.1, 0.15) is 28.7 Å². The van der Waals surface area contributed by atoms with Gasteiger partial charge < -0.3 is 39.5 Å². The lowest BCUT2D eigenvalue weighted by Crippen LogP contribution is -2.42. The minimum absolute atomic E-state index is 0.0199. The number of benzene rings is 3. The Hall–Kier alpha value is -7.03. The molecule has 5 rings (SSSR count). The highest BCUT2D eigenvalue weighted by Gasteiger charge is 2.36. The third-order valence-electron chi connectivity index (χ3n) is 8.73. The van der Waals surface area contributed by atoms with Gasteiger partial charge in [-0.1, -0.05) is 6.07 Å². The number of aryl methyl sites for hydroxylation is 2. The highest BCUT2D eigenvalue weighted by Crippen LogP contribution is 2.35. The third kappa shape index (κ3) is 14.2. The Morgan fingerprint density at radius 1 is 0.687 bits per heavy atom. The van der Waals surface area contributed by atoms with Crippen LogP contribution in [-0.4, -0.2) is 108 Å². The van der Waals surface area contributed by atoms with Gasteiger partial charge in [-0.15, -0.1) is 49.1 Å². The van der Waals surface area contributed by atoms with Crippen LogP contribution in [0.4, 0.5) is 11.4 Å². The summed E-state index contributed by atoms with van der Waals surface area (Å²) in [6.07, 6.45) is -2.54. The fourth-order valence-corrected chi connectivity index (χ4v) is 10.3. The van der Waals surface area contributed by atoms with Crippen LogP contribution in [0, 0.1) is 54.3 Å². The van der Waals surface area contributed by atoms with E-state index in [0.717, 1.165) is 16.4 Å². The van der Waals surface area contributed by atoms with E-state index in [-0.39, 0.29) is 62.5 Å². The predicted molar refractivity (Wildman–Crippen MR) is 216 cm³/mol. The Labute approximate surface area is 377 Å². The first kappa shape index (κ1) is 52.6. The molecule has 33 nitrogen and oxygen atoms in total. The zero-order chi connectivity index (χ0) is 50.2. The van der Waals surface area contributed by atoms with Crippen molar-refractivity contribution in [2.75, 3.05) is 44.0 Å². The summed E-state index contributed by atoms with van der Waals surface area (Å²) in [6.45, 7) is -1.02. The van der Waals surface area contributed by atoms with Crippen molar-refractivity contribution in [3.05, 3.63) is 105 Å². The van der Waals surface area contributed by atoms with Crippen molar-refractivity contribution >= 4 is 57.4 Å². The maximum atomic E-state index is 13.1. The van der Waals surface area contributed by atoms with Crippen molar-refractivity contribution in [3.63, 3.8) is 0 Å². The van der Waals surface area contributed by atoms with Crippen molar-refractivity contribution in [1.29, 1.82) is 0 Å². The summed E-state index contributed by atoms with van der Waals surface area (Å²) in [5.41, 5.74) is 1.18. The van der Waals surface area contributed by atoms with E-state index in [1.54, 1.807) is 0 Å². The molecule has 0 amide bonds. The van der Waals surface area contributed by atoms with Gasteiger partial charge in [0.25, 0.3) is 20.3 Å². The molecule has 368 valence electrons. The minimum Gasteiger partial charge on any atom is -0.477 e. The van der Waals surface area contributed by atoms with Crippen LogP contribution in [-0.2, 0) is 82.2 Å². The lowest BCUT2D eigenvalue weighted by atomic mass is 10.1. The standard InChI is InChI=1S/C17H19N5O11S2.C13H17N5O12S2/c1-11-2-15-17(6-16(11)34(18,27)28)35(29,30)20(9-19-15)10-31-14-4-12(7-32-21(23)24)3-13(5-14)8-33-22(25)26;1-8-2-10-12(4-11(8)31(14,24)25)32(26,27)16(6-15-10)7-28-13(19)3-9(30-18(22)23)5-29-17(20)21/h2-6,19H,7-10H2,1H3,(H2,18,27,28);2,4,9,15H,3,5-7H2,1H3,(H2,14,24,25). The van der Waals surface area contributed by atoms with Crippen molar-refractivity contribution < 1.29 is 87.6 Å². The van der Waals surface area contributed by atoms with Gasteiger partial charge in [-0.25, -0.2) is 43.9 Å². The fraction of sp³-hybridized carbons (Fsp3) is 0.367. The molecule has 0 saturated carbocycles. The molecule has 67 heavy (non-hydrogen) atoms. The van der Waals surface area contributed by atoms with Gasteiger partial charge in [-0.2, -0.15) is 0 Å². The number of esters is 1. The van der Waals surface area contributed by atoms with E-state index in [1.165, 1.54) is 44.2 Å². The molecule has 0 saturated heterocycles. The van der Waals surface area contributed by atoms with Crippen LogP contribution in [0.5, 0.6) is 5.75 Å². The summed E-state index contributed by atoms with van der Waals surface area (Å²) >= 11 is 0. The molecule has 3 aromatic rings. The Bertz CT molecular complexity index is 2870. The van der Waals surface area contributed by atoms with Crippen molar-refractivity contribution in [2.24, 2.45) is 10.3 Å². The molecule has 2 aliphatic heterocycles. The van der Waals surface area contributed by atoms with E-state index in [9.17, 15) is 78.9 Å². The van der Waals surface area contributed by atoms with Gasteiger partial charge in [-0.3, -0.25) is 4.79 Å². The Kier molecular flexibility index (Phi) is 16.5. The van der Waals surface area contributed by atoms with Gasteiger partial charge in [0.1, 0.15) is 41.5 Å². The molecule has 0 fully saturated rings. The van der Waals surface area contributed by atoms with Gasteiger partial charge >= 0.3 is 5.97 Å². The molecule has 3 aromatic carbocycles. The highest BCUT2D eigenvalue weighted by molar-refractivity contribution is 7.90. The number of nitrogens with one attached hydrogen (secondary N) is 2. The number of primary sulfonamides is 2. The second kappa shape index (κ2) is 21.1. The molecular formula is C30H36N10O23S4. The summed E-state index contributed by atoms with van der Waals surface area (Å²) in [5.74, 6) is -1.16. The van der Waals surface area contributed by atoms with E-state index in [1.807, 2.05) is 0 Å². The second-order valence-electron chi connectivity index (χ2n) is 13.5. The van der Waals surface area contributed by atoms with Crippen molar-refractivity contribution in [3.8, 4) is 5.75 Å². The topological polar surface area (TPSA) is 464 Å². The Morgan fingerprint density at radius 3 is 1.52 bits per heavy atom. The second-order valence-corrected chi connectivity index (χ2v) is 20.3. The zero-order valence-electron chi connectivity index (χ0n) is 34.1. The largest absolute Gasteiger partial charge is 0.477 e. The average Bonchev–Trinajstić information content (AvgIpc) is 3.19. The number of carbonyl (C=O) groups excluding carboxylic acids is 1. The lowest BCUT2D eigenvalue weighted by molar-refractivity contribution is -0.789. The van der Waals surface area contributed by atoms with E-state index in [4.69, 9.17) is 19.8 Å². The van der Waals surface area contributed by atoms with Crippen LogP contribution >= 0.6 is 0 Å². The molecule has 0 spiro atoms. The summed E-state index contributed by atoms with van der Waals surface area (Å²) in [5, 5.41) is 52.9. The fourth-order valence-electron chi connectivity index (χ4n) is 5.84. The molecule has 2 heterocycles. The van der Waals surface area contributed by atoms with Crippen LogP contribution < -0.4 is 25.6 Å². The predicted octanol–water partition coefficient (Wildman–Crippen LogP) is -0.839. The number of ether oxygens (including phenoxy) is 2. The number of nitrogens with zero attached hydrogens (tertiary/aromatic N) is 6. The molecule has 1 unspecified atom stereocenters. The summed E-state index contributed by atoms with van der Waals surface area (Å²) in [4.78, 5) is 68.6. The molecule has 6 N–H and O–H groups in total.